The van der Waals surface area contributed by atoms with Crippen LogP contribution in [-0.2, 0) is 4.79 Å². The fraction of sp³-hybridized carbons (Fsp3) is 0.391. The second-order valence-electron chi connectivity index (χ2n) is 7.66. The van der Waals surface area contributed by atoms with E-state index in [0.717, 1.165) is 29.8 Å². The van der Waals surface area contributed by atoms with Crippen molar-refractivity contribution in [3.8, 4) is 22.8 Å². The topological polar surface area (TPSA) is 73.1 Å². The molecule has 0 bridgehead atoms. The summed E-state index contributed by atoms with van der Waals surface area (Å²) in [5.41, 5.74) is 1.82. The van der Waals surface area contributed by atoms with Crippen LogP contribution in [0.5, 0.6) is 5.75 Å². The summed E-state index contributed by atoms with van der Waals surface area (Å²) in [4.78, 5) is 18.9. The maximum Gasteiger partial charge on any atom is 0.233 e. The fourth-order valence-corrected chi connectivity index (χ4v) is 4.79. The van der Waals surface area contributed by atoms with E-state index in [0.29, 0.717) is 22.8 Å². The number of hydrogen-bond donors (Lipinski definition) is 0. The molecule has 162 valence electrons. The molecule has 1 fully saturated rings. The molecule has 1 aliphatic carbocycles. The molecule has 0 radical (unpaired) electrons. The molecule has 1 saturated carbocycles. The maximum atomic E-state index is 12.8. The summed E-state index contributed by atoms with van der Waals surface area (Å²) >= 11 is 1.42. The van der Waals surface area contributed by atoms with E-state index in [-0.39, 0.29) is 5.91 Å². The Morgan fingerprint density at radius 2 is 1.81 bits per heavy atom. The number of aromatic nitrogens is 4. The Labute approximate surface area is 186 Å². The molecule has 7 nitrogen and oxygen atoms in total. The van der Waals surface area contributed by atoms with E-state index in [9.17, 15) is 4.79 Å². The molecule has 0 atom stereocenters. The zero-order valence-electron chi connectivity index (χ0n) is 17.9. The molecule has 2 aromatic heterocycles. The van der Waals surface area contributed by atoms with Crippen LogP contribution >= 0.6 is 11.8 Å². The standard InChI is InChI=1S/C23H27N5O2S/c1-27(18-6-4-3-5-7-18)21(29)16-31-23-26-25-22(17-12-14-24-15-13-17)28(23)19-8-10-20(30-2)11-9-19/h8-15,18H,3-7,16H2,1-2H3. The Morgan fingerprint density at radius 1 is 1.10 bits per heavy atom. The molecule has 1 amide bonds. The molecule has 4 rings (SSSR count). The minimum atomic E-state index is 0.131. The summed E-state index contributed by atoms with van der Waals surface area (Å²) < 4.78 is 7.27. The third-order valence-corrected chi connectivity index (χ3v) is 6.66. The minimum absolute atomic E-state index is 0.131. The van der Waals surface area contributed by atoms with Gasteiger partial charge in [-0.05, 0) is 49.2 Å². The van der Waals surface area contributed by atoms with Crippen molar-refractivity contribution in [3.05, 3.63) is 48.8 Å². The lowest BCUT2D eigenvalue weighted by molar-refractivity contribution is -0.129. The van der Waals surface area contributed by atoms with Gasteiger partial charge in [-0.15, -0.1) is 10.2 Å². The zero-order valence-corrected chi connectivity index (χ0v) is 18.7. The monoisotopic (exact) mass is 437 g/mol. The van der Waals surface area contributed by atoms with Crippen LogP contribution in [0.25, 0.3) is 17.1 Å². The number of amides is 1. The number of pyridine rings is 1. The molecule has 0 unspecified atom stereocenters. The van der Waals surface area contributed by atoms with Crippen molar-refractivity contribution in [3.63, 3.8) is 0 Å². The van der Waals surface area contributed by atoms with Crippen molar-refractivity contribution in [2.45, 2.75) is 43.3 Å². The van der Waals surface area contributed by atoms with Gasteiger partial charge < -0.3 is 9.64 Å². The second-order valence-corrected chi connectivity index (χ2v) is 8.60. The lowest BCUT2D eigenvalue weighted by Crippen LogP contribution is -2.39. The molecule has 3 aromatic rings. The Morgan fingerprint density at radius 3 is 2.48 bits per heavy atom. The summed E-state index contributed by atoms with van der Waals surface area (Å²) in [6.45, 7) is 0. The van der Waals surface area contributed by atoms with E-state index in [1.54, 1.807) is 19.5 Å². The number of carbonyl (C=O) groups is 1. The molecule has 0 aliphatic heterocycles. The average molecular weight is 438 g/mol. The van der Waals surface area contributed by atoms with E-state index < -0.39 is 0 Å². The smallest absolute Gasteiger partial charge is 0.233 e. The first-order valence-corrected chi connectivity index (χ1v) is 11.5. The lowest BCUT2D eigenvalue weighted by Gasteiger charge is -2.31. The van der Waals surface area contributed by atoms with E-state index in [2.05, 4.69) is 15.2 Å². The van der Waals surface area contributed by atoms with Crippen LogP contribution in [0.4, 0.5) is 0 Å². The highest BCUT2D eigenvalue weighted by Gasteiger charge is 2.23. The number of rotatable bonds is 7. The highest BCUT2D eigenvalue weighted by molar-refractivity contribution is 7.99. The SMILES string of the molecule is COc1ccc(-n2c(SCC(=O)N(C)C3CCCCC3)nnc2-c2ccncc2)cc1. The number of methoxy groups -OCH3 is 1. The van der Waals surface area contributed by atoms with Gasteiger partial charge in [0, 0.05) is 36.7 Å². The van der Waals surface area contributed by atoms with Gasteiger partial charge in [0.25, 0.3) is 0 Å². The Hall–Kier alpha value is -2.87. The van der Waals surface area contributed by atoms with Crippen molar-refractivity contribution >= 4 is 17.7 Å². The normalized spacial score (nSPS) is 14.4. The molecule has 0 saturated heterocycles. The average Bonchev–Trinajstić information content (AvgIpc) is 3.27. The van der Waals surface area contributed by atoms with Gasteiger partial charge in [0.15, 0.2) is 11.0 Å². The van der Waals surface area contributed by atoms with Gasteiger partial charge in [-0.3, -0.25) is 14.3 Å². The first-order valence-electron chi connectivity index (χ1n) is 10.6. The van der Waals surface area contributed by atoms with Crippen molar-refractivity contribution in [2.24, 2.45) is 0 Å². The number of hydrogen-bond acceptors (Lipinski definition) is 6. The van der Waals surface area contributed by atoms with Gasteiger partial charge in [0.1, 0.15) is 5.75 Å². The van der Waals surface area contributed by atoms with E-state index in [1.165, 1.54) is 31.0 Å². The van der Waals surface area contributed by atoms with Crippen LogP contribution < -0.4 is 4.74 Å². The number of ether oxygens (including phenoxy) is 1. The first kappa shape index (κ1) is 21.4. The summed E-state index contributed by atoms with van der Waals surface area (Å²) in [6.07, 6.45) is 9.35. The number of nitrogens with zero attached hydrogens (tertiary/aromatic N) is 5. The molecule has 0 spiro atoms. The van der Waals surface area contributed by atoms with Gasteiger partial charge in [-0.1, -0.05) is 31.0 Å². The van der Waals surface area contributed by atoms with Gasteiger partial charge in [-0.25, -0.2) is 0 Å². The van der Waals surface area contributed by atoms with E-state index >= 15 is 0 Å². The van der Waals surface area contributed by atoms with Crippen LogP contribution in [0, 0.1) is 0 Å². The second kappa shape index (κ2) is 9.96. The third kappa shape index (κ3) is 4.90. The van der Waals surface area contributed by atoms with E-state index in [4.69, 9.17) is 4.74 Å². The fourth-order valence-electron chi connectivity index (χ4n) is 3.92. The summed E-state index contributed by atoms with van der Waals surface area (Å²) in [6, 6.07) is 11.9. The quantitative estimate of drug-likeness (QED) is 0.515. The van der Waals surface area contributed by atoms with E-state index in [1.807, 2.05) is 52.9 Å². The molecule has 1 aromatic carbocycles. The Balaban J connectivity index is 1.58. The van der Waals surface area contributed by atoms with Crippen LogP contribution in [0.3, 0.4) is 0 Å². The van der Waals surface area contributed by atoms with Crippen LogP contribution in [0.1, 0.15) is 32.1 Å². The summed E-state index contributed by atoms with van der Waals surface area (Å²) in [7, 11) is 3.57. The van der Waals surface area contributed by atoms with Crippen molar-refractivity contribution < 1.29 is 9.53 Å². The van der Waals surface area contributed by atoms with Crippen LogP contribution in [-0.4, -0.2) is 56.5 Å². The largest absolute Gasteiger partial charge is 0.497 e. The highest BCUT2D eigenvalue weighted by atomic mass is 32.2. The predicted molar refractivity (Wildman–Crippen MR) is 122 cm³/mol. The first-order chi connectivity index (χ1) is 15.2. The third-order valence-electron chi connectivity index (χ3n) is 5.74. The number of carbonyl (C=O) groups excluding carboxylic acids is 1. The molecule has 1 aliphatic rings. The van der Waals surface area contributed by atoms with Gasteiger partial charge in [0.05, 0.1) is 12.9 Å². The molecule has 8 heteroatoms. The summed E-state index contributed by atoms with van der Waals surface area (Å²) in [5.74, 6) is 1.95. The van der Waals surface area contributed by atoms with Crippen molar-refractivity contribution in [1.29, 1.82) is 0 Å². The Kier molecular flexibility index (Phi) is 6.86. The van der Waals surface area contributed by atoms with Gasteiger partial charge >= 0.3 is 0 Å². The minimum Gasteiger partial charge on any atom is -0.497 e. The number of thioether (sulfide) groups is 1. The van der Waals surface area contributed by atoms with Crippen LogP contribution in [0.15, 0.2) is 53.9 Å². The molecular formula is C23H27N5O2S. The molecular weight excluding hydrogens is 410 g/mol. The molecule has 0 N–H and O–H groups in total. The molecule has 31 heavy (non-hydrogen) atoms. The van der Waals surface area contributed by atoms with Crippen molar-refractivity contribution in [1.82, 2.24) is 24.6 Å². The summed E-state index contributed by atoms with van der Waals surface area (Å²) in [5, 5.41) is 9.52. The molecule has 2 heterocycles. The van der Waals surface area contributed by atoms with Crippen LogP contribution in [0.2, 0.25) is 0 Å². The zero-order chi connectivity index (χ0) is 21.6. The highest BCUT2D eigenvalue weighted by Crippen LogP contribution is 2.29. The maximum absolute atomic E-state index is 12.8. The predicted octanol–water partition coefficient (Wildman–Crippen LogP) is 4.22. The Bertz CT molecular complexity index is 1000. The number of benzene rings is 1. The van der Waals surface area contributed by atoms with Gasteiger partial charge in [0.2, 0.25) is 5.91 Å². The lowest BCUT2D eigenvalue weighted by atomic mass is 9.94. The van der Waals surface area contributed by atoms with Gasteiger partial charge in [-0.2, -0.15) is 0 Å². The van der Waals surface area contributed by atoms with Crippen molar-refractivity contribution in [2.75, 3.05) is 19.9 Å².